The van der Waals surface area contributed by atoms with Gasteiger partial charge in [-0.1, -0.05) is 18.2 Å². The van der Waals surface area contributed by atoms with Crippen molar-refractivity contribution in [1.82, 2.24) is 15.2 Å². The molecule has 1 aromatic carbocycles. The van der Waals surface area contributed by atoms with E-state index in [1.807, 2.05) is 0 Å². The Bertz CT molecular complexity index is 772. The third-order valence-corrected chi connectivity index (χ3v) is 5.38. The first-order valence-corrected chi connectivity index (χ1v) is 9.77. The monoisotopic (exact) mass is 355 g/mol. The molecule has 1 fully saturated rings. The zero-order chi connectivity index (χ0) is 18.9. The van der Waals surface area contributed by atoms with Gasteiger partial charge < -0.3 is 15.2 Å². The number of nitrogens with zero attached hydrogens (tertiary/aromatic N) is 1. The molecule has 0 unspecified atom stereocenters. The molecule has 0 saturated carbocycles. The molecule has 1 saturated heterocycles. The lowest BCUT2D eigenvalue weighted by molar-refractivity contribution is -0.122. The van der Waals surface area contributed by atoms with E-state index < -0.39 is 0 Å². The molecule has 1 aliphatic heterocycles. The number of aryl methyl sites for hydroxylation is 2. The average Bonchev–Trinajstić information content (AvgIpc) is 2.81. The summed E-state index contributed by atoms with van der Waals surface area (Å²) in [4.78, 5) is 12.5. The Morgan fingerprint density at radius 2 is 1.85 bits per heavy atom. The maximum Gasteiger partial charge on any atom is 0.220 e. The summed E-state index contributed by atoms with van der Waals surface area (Å²) in [7, 11) is 2.08. The van der Waals surface area contributed by atoms with Gasteiger partial charge in [-0.15, -0.1) is 0 Å². The van der Waals surface area contributed by atoms with E-state index >= 15 is 0 Å². The van der Waals surface area contributed by atoms with E-state index in [9.17, 15) is 4.79 Å². The molecule has 0 atom stereocenters. The van der Waals surface area contributed by atoms with E-state index in [-0.39, 0.29) is 23.0 Å². The zero-order valence-corrected chi connectivity index (χ0v) is 16.9. The Labute approximate surface area is 157 Å². The van der Waals surface area contributed by atoms with Gasteiger partial charge in [-0.05, 0) is 65.0 Å². The van der Waals surface area contributed by atoms with E-state index in [1.165, 1.54) is 16.5 Å². The van der Waals surface area contributed by atoms with Crippen LogP contribution in [0, 0.1) is 0 Å². The van der Waals surface area contributed by atoms with E-state index in [0.29, 0.717) is 6.42 Å². The highest BCUT2D eigenvalue weighted by Gasteiger charge is 2.38. The average molecular weight is 356 g/mol. The molecule has 26 heavy (non-hydrogen) atoms. The summed E-state index contributed by atoms with van der Waals surface area (Å²) >= 11 is 0. The number of benzene rings is 1. The lowest BCUT2D eigenvalue weighted by Crippen LogP contribution is -2.62. The normalized spacial score (nSPS) is 19.6. The lowest BCUT2D eigenvalue weighted by Gasteiger charge is -2.46. The molecule has 2 heterocycles. The molecule has 1 aromatic heterocycles. The van der Waals surface area contributed by atoms with Gasteiger partial charge in [0.15, 0.2) is 0 Å². The van der Waals surface area contributed by atoms with Crippen molar-refractivity contribution < 1.29 is 4.79 Å². The first kappa shape index (κ1) is 19.0. The summed E-state index contributed by atoms with van der Waals surface area (Å²) in [6, 6.07) is 8.72. The maximum atomic E-state index is 12.5. The molecule has 2 N–H and O–H groups in total. The van der Waals surface area contributed by atoms with Gasteiger partial charge in [0.1, 0.15) is 0 Å². The van der Waals surface area contributed by atoms with Crippen molar-refractivity contribution >= 4 is 16.8 Å². The fourth-order valence-electron chi connectivity index (χ4n) is 4.79. The summed E-state index contributed by atoms with van der Waals surface area (Å²) in [5, 5.41) is 8.24. The minimum atomic E-state index is 0.0582. The Hall–Kier alpha value is -1.81. The Kier molecular flexibility index (Phi) is 5.16. The molecule has 142 valence electrons. The molecular weight excluding hydrogens is 322 g/mol. The Balaban J connectivity index is 1.53. The van der Waals surface area contributed by atoms with Crippen molar-refractivity contribution in [3.05, 3.63) is 36.0 Å². The SMILES string of the molecule is Cn1cc(CCCC(=O)NC2CC(C)(C)NC(C)(C)C2)c2ccccc21. The van der Waals surface area contributed by atoms with Crippen LogP contribution in [0.15, 0.2) is 30.5 Å². The molecule has 4 heteroatoms. The number of hydrogen-bond acceptors (Lipinski definition) is 2. The molecule has 2 aromatic rings. The van der Waals surface area contributed by atoms with Crippen LogP contribution < -0.4 is 10.6 Å². The highest BCUT2D eigenvalue weighted by Crippen LogP contribution is 2.28. The quantitative estimate of drug-likeness (QED) is 0.854. The van der Waals surface area contributed by atoms with Gasteiger partial charge in [-0.3, -0.25) is 4.79 Å². The summed E-state index contributed by atoms with van der Waals surface area (Å²) in [6.07, 6.45) is 6.57. The summed E-state index contributed by atoms with van der Waals surface area (Å²) in [6.45, 7) is 8.86. The van der Waals surface area contributed by atoms with Crippen LogP contribution in [0.3, 0.4) is 0 Å². The fourth-order valence-corrected chi connectivity index (χ4v) is 4.79. The number of amides is 1. The maximum absolute atomic E-state index is 12.5. The number of rotatable bonds is 5. The van der Waals surface area contributed by atoms with Crippen LogP contribution in [0.2, 0.25) is 0 Å². The molecule has 0 spiro atoms. The van der Waals surface area contributed by atoms with Crippen molar-refractivity contribution in [1.29, 1.82) is 0 Å². The van der Waals surface area contributed by atoms with Gasteiger partial charge >= 0.3 is 0 Å². The van der Waals surface area contributed by atoms with Crippen molar-refractivity contribution in [2.24, 2.45) is 7.05 Å². The minimum Gasteiger partial charge on any atom is -0.353 e. The Morgan fingerprint density at radius 1 is 1.19 bits per heavy atom. The standard InChI is InChI=1S/C22H33N3O/c1-21(2)13-17(14-22(3,4)24-21)23-20(26)12-8-9-16-15-25(5)19-11-7-6-10-18(16)19/h6-7,10-11,15,17,24H,8-9,12-14H2,1-5H3,(H,23,26). The molecular formula is C22H33N3O. The van der Waals surface area contributed by atoms with Crippen molar-refractivity contribution in [3.63, 3.8) is 0 Å². The van der Waals surface area contributed by atoms with Crippen LogP contribution in [-0.4, -0.2) is 27.6 Å². The lowest BCUT2D eigenvalue weighted by atomic mass is 9.79. The van der Waals surface area contributed by atoms with Crippen molar-refractivity contribution in [2.75, 3.05) is 0 Å². The van der Waals surface area contributed by atoms with Crippen LogP contribution >= 0.6 is 0 Å². The number of aromatic nitrogens is 1. The predicted octanol–water partition coefficient (Wildman–Crippen LogP) is 3.93. The summed E-state index contributed by atoms with van der Waals surface area (Å²) in [5.41, 5.74) is 2.71. The predicted molar refractivity (Wildman–Crippen MR) is 108 cm³/mol. The van der Waals surface area contributed by atoms with Crippen LogP contribution in [0.4, 0.5) is 0 Å². The van der Waals surface area contributed by atoms with Gasteiger partial charge in [0, 0.05) is 47.7 Å². The smallest absolute Gasteiger partial charge is 0.220 e. The molecule has 4 nitrogen and oxygen atoms in total. The largest absolute Gasteiger partial charge is 0.353 e. The molecule has 0 radical (unpaired) electrons. The van der Waals surface area contributed by atoms with E-state index in [2.05, 4.69) is 80.4 Å². The Morgan fingerprint density at radius 3 is 2.54 bits per heavy atom. The number of carbonyl (C=O) groups excluding carboxylic acids is 1. The van der Waals surface area contributed by atoms with Gasteiger partial charge in [0.25, 0.3) is 0 Å². The number of carbonyl (C=O) groups is 1. The topological polar surface area (TPSA) is 46.1 Å². The third-order valence-electron chi connectivity index (χ3n) is 5.38. The fraction of sp³-hybridized carbons (Fsp3) is 0.591. The van der Waals surface area contributed by atoms with Crippen LogP contribution in [-0.2, 0) is 18.3 Å². The molecule has 0 bridgehead atoms. The second-order valence-corrected chi connectivity index (χ2v) is 9.20. The van der Waals surface area contributed by atoms with E-state index in [4.69, 9.17) is 0 Å². The van der Waals surface area contributed by atoms with Crippen molar-refractivity contribution in [2.45, 2.75) is 76.9 Å². The second-order valence-electron chi connectivity index (χ2n) is 9.20. The first-order chi connectivity index (χ1) is 12.2. The third kappa shape index (κ3) is 4.47. The molecule has 0 aliphatic carbocycles. The van der Waals surface area contributed by atoms with E-state index in [1.54, 1.807) is 0 Å². The minimum absolute atomic E-state index is 0.0582. The second kappa shape index (κ2) is 7.07. The summed E-state index contributed by atoms with van der Waals surface area (Å²) < 4.78 is 2.17. The zero-order valence-electron chi connectivity index (χ0n) is 16.9. The van der Waals surface area contributed by atoms with Crippen LogP contribution in [0.25, 0.3) is 10.9 Å². The van der Waals surface area contributed by atoms with Gasteiger partial charge in [0.05, 0.1) is 0 Å². The molecule has 3 rings (SSSR count). The number of piperidine rings is 1. The van der Waals surface area contributed by atoms with Crippen LogP contribution in [0.5, 0.6) is 0 Å². The van der Waals surface area contributed by atoms with Gasteiger partial charge in [-0.25, -0.2) is 0 Å². The number of para-hydroxylation sites is 1. The first-order valence-electron chi connectivity index (χ1n) is 9.77. The van der Waals surface area contributed by atoms with Crippen molar-refractivity contribution in [3.8, 4) is 0 Å². The van der Waals surface area contributed by atoms with Gasteiger partial charge in [-0.2, -0.15) is 0 Å². The number of fused-ring (bicyclic) bond motifs is 1. The van der Waals surface area contributed by atoms with Gasteiger partial charge in [0.2, 0.25) is 5.91 Å². The van der Waals surface area contributed by atoms with E-state index in [0.717, 1.165) is 25.7 Å². The van der Waals surface area contributed by atoms with Crippen LogP contribution in [0.1, 0.15) is 58.9 Å². The molecule has 1 aliphatic rings. The number of hydrogen-bond donors (Lipinski definition) is 2. The highest BCUT2D eigenvalue weighted by atomic mass is 16.1. The number of nitrogens with one attached hydrogen (secondary N) is 2. The highest BCUT2D eigenvalue weighted by molar-refractivity contribution is 5.84. The summed E-state index contributed by atoms with van der Waals surface area (Å²) in [5.74, 6) is 0.184. The molecule has 1 amide bonds.